The van der Waals surface area contributed by atoms with E-state index >= 15 is 0 Å². The standard InChI is InChI=1S/C24H22ClN5O5S/c25-17-3-6-21-20(9-17)23(22(29-21)24(26)31)36(32,33)30-7-8-34-19(12-30)13-35-18-4-1-15(2-5-18)16-10-27-14-28-11-16/h1-6,9-11,14,19,29H,7-8,12-13H2,(H2,26,31). The van der Waals surface area contributed by atoms with E-state index in [1.54, 1.807) is 24.5 Å². The highest BCUT2D eigenvalue weighted by Crippen LogP contribution is 2.32. The summed E-state index contributed by atoms with van der Waals surface area (Å²) in [4.78, 5) is 22.7. The van der Waals surface area contributed by atoms with Crippen LogP contribution in [0.25, 0.3) is 22.0 Å². The van der Waals surface area contributed by atoms with Gasteiger partial charge in [0.2, 0.25) is 10.0 Å². The first-order chi connectivity index (χ1) is 17.3. The number of morpholine rings is 1. The number of halogens is 1. The summed E-state index contributed by atoms with van der Waals surface area (Å²) in [5.74, 6) is -0.263. The van der Waals surface area contributed by atoms with Gasteiger partial charge in [-0.25, -0.2) is 18.4 Å². The maximum atomic E-state index is 13.6. The van der Waals surface area contributed by atoms with Gasteiger partial charge in [0.15, 0.2) is 0 Å². The van der Waals surface area contributed by atoms with Crippen LogP contribution in [0.4, 0.5) is 0 Å². The Morgan fingerprint density at radius 3 is 2.64 bits per heavy atom. The number of fused-ring (bicyclic) bond motifs is 1. The highest BCUT2D eigenvalue weighted by Gasteiger charge is 2.36. The zero-order chi connectivity index (χ0) is 25.3. The minimum atomic E-state index is -4.09. The number of aromatic amines is 1. The lowest BCUT2D eigenvalue weighted by molar-refractivity contribution is -0.0249. The van der Waals surface area contributed by atoms with E-state index in [1.165, 1.54) is 16.7 Å². The van der Waals surface area contributed by atoms with Crippen molar-refractivity contribution in [3.8, 4) is 16.9 Å². The number of hydrogen-bond acceptors (Lipinski definition) is 7. The molecule has 0 saturated carbocycles. The lowest BCUT2D eigenvalue weighted by Gasteiger charge is -2.32. The lowest BCUT2D eigenvalue weighted by Crippen LogP contribution is -2.47. The third-order valence-corrected chi connectivity index (χ3v) is 8.03. The quantitative estimate of drug-likeness (QED) is 0.376. The highest BCUT2D eigenvalue weighted by atomic mass is 35.5. The number of H-pyrrole nitrogens is 1. The van der Waals surface area contributed by atoms with Crippen LogP contribution < -0.4 is 10.5 Å². The van der Waals surface area contributed by atoms with Gasteiger partial charge in [-0.2, -0.15) is 4.31 Å². The van der Waals surface area contributed by atoms with Crippen LogP contribution >= 0.6 is 11.6 Å². The molecule has 1 fully saturated rings. The summed E-state index contributed by atoms with van der Waals surface area (Å²) in [5, 5.41) is 0.646. The summed E-state index contributed by atoms with van der Waals surface area (Å²) in [5.41, 5.74) is 7.58. The molecule has 1 aliphatic heterocycles. The van der Waals surface area contributed by atoms with Gasteiger partial charge in [0.1, 0.15) is 35.4 Å². The minimum absolute atomic E-state index is 0.0488. The van der Waals surface area contributed by atoms with Crippen LogP contribution in [0, 0.1) is 0 Å². The zero-order valence-electron chi connectivity index (χ0n) is 18.9. The van der Waals surface area contributed by atoms with E-state index in [2.05, 4.69) is 15.0 Å². The molecule has 4 aromatic rings. The van der Waals surface area contributed by atoms with Gasteiger partial charge in [-0.3, -0.25) is 4.79 Å². The molecule has 1 amide bonds. The molecule has 0 spiro atoms. The molecule has 36 heavy (non-hydrogen) atoms. The van der Waals surface area contributed by atoms with Gasteiger partial charge in [-0.05, 0) is 35.9 Å². The van der Waals surface area contributed by atoms with Crippen LogP contribution in [0.5, 0.6) is 5.75 Å². The first-order valence-electron chi connectivity index (χ1n) is 11.0. The van der Waals surface area contributed by atoms with E-state index < -0.39 is 22.0 Å². The average Bonchev–Trinajstić information content (AvgIpc) is 3.28. The molecule has 1 saturated heterocycles. The van der Waals surface area contributed by atoms with Gasteiger partial charge < -0.3 is 20.2 Å². The van der Waals surface area contributed by atoms with Crippen molar-refractivity contribution in [2.75, 3.05) is 26.3 Å². The zero-order valence-corrected chi connectivity index (χ0v) is 20.5. The molecular formula is C24H22ClN5O5S. The number of benzene rings is 2. The molecule has 0 aliphatic carbocycles. The normalized spacial score (nSPS) is 16.8. The van der Waals surface area contributed by atoms with Gasteiger partial charge in [-0.1, -0.05) is 23.7 Å². The third kappa shape index (κ3) is 4.78. The van der Waals surface area contributed by atoms with Crippen LogP contribution in [-0.4, -0.2) is 66.0 Å². The van der Waals surface area contributed by atoms with E-state index in [9.17, 15) is 13.2 Å². The number of amides is 1. The second kappa shape index (κ2) is 9.86. The monoisotopic (exact) mass is 527 g/mol. The molecule has 3 N–H and O–H groups in total. The Morgan fingerprint density at radius 1 is 1.17 bits per heavy atom. The molecule has 1 aliphatic rings. The molecular weight excluding hydrogens is 506 g/mol. The third-order valence-electron chi connectivity index (χ3n) is 5.84. The molecule has 186 valence electrons. The number of sulfonamides is 1. The van der Waals surface area contributed by atoms with Crippen LogP contribution in [0.3, 0.4) is 0 Å². The number of hydrogen-bond donors (Lipinski definition) is 2. The van der Waals surface area contributed by atoms with Crippen molar-refractivity contribution in [2.45, 2.75) is 11.0 Å². The molecule has 12 heteroatoms. The molecule has 2 aromatic carbocycles. The number of nitrogens with two attached hydrogens (primary N) is 1. The van der Waals surface area contributed by atoms with Crippen molar-refractivity contribution in [3.63, 3.8) is 0 Å². The van der Waals surface area contributed by atoms with Crippen LogP contribution in [0.2, 0.25) is 5.02 Å². The first-order valence-corrected chi connectivity index (χ1v) is 12.9. The second-order valence-corrected chi connectivity index (χ2v) is 10.5. The molecule has 3 heterocycles. The molecule has 0 radical (unpaired) electrons. The fourth-order valence-corrected chi connectivity index (χ4v) is 6.07. The molecule has 5 rings (SSSR count). The van der Waals surface area contributed by atoms with Crippen LogP contribution in [-0.2, 0) is 14.8 Å². The van der Waals surface area contributed by atoms with Gasteiger partial charge in [0.05, 0.1) is 6.61 Å². The summed E-state index contributed by atoms with van der Waals surface area (Å²) in [6.07, 6.45) is 4.40. The molecule has 10 nitrogen and oxygen atoms in total. The van der Waals surface area contributed by atoms with Crippen molar-refractivity contribution in [1.29, 1.82) is 0 Å². The van der Waals surface area contributed by atoms with Gasteiger partial charge in [0.25, 0.3) is 5.91 Å². The van der Waals surface area contributed by atoms with E-state index in [-0.39, 0.29) is 36.9 Å². The fraction of sp³-hybridized carbons (Fsp3) is 0.208. The van der Waals surface area contributed by atoms with E-state index in [0.29, 0.717) is 21.7 Å². The minimum Gasteiger partial charge on any atom is -0.491 e. The Bertz CT molecular complexity index is 1510. The average molecular weight is 528 g/mol. The number of nitrogens with one attached hydrogen (secondary N) is 1. The summed E-state index contributed by atoms with van der Waals surface area (Å²) >= 11 is 6.10. The Morgan fingerprint density at radius 2 is 1.92 bits per heavy atom. The fourth-order valence-electron chi connectivity index (χ4n) is 4.10. The molecule has 0 bridgehead atoms. The van der Waals surface area contributed by atoms with Crippen molar-refractivity contribution >= 4 is 38.4 Å². The SMILES string of the molecule is NC(=O)c1[nH]c2ccc(Cl)cc2c1S(=O)(=O)N1CCOC(COc2ccc(-c3cncnc3)cc2)C1. The maximum absolute atomic E-state index is 13.6. The number of rotatable bonds is 7. The summed E-state index contributed by atoms with van der Waals surface area (Å²) in [6.45, 7) is 0.489. The number of ether oxygens (including phenoxy) is 2. The van der Waals surface area contributed by atoms with Gasteiger partial charge in [-0.15, -0.1) is 0 Å². The van der Waals surface area contributed by atoms with Crippen molar-refractivity contribution in [3.05, 3.63) is 71.9 Å². The first kappa shape index (κ1) is 24.2. The lowest BCUT2D eigenvalue weighted by atomic mass is 10.1. The number of carbonyl (C=O) groups excluding carboxylic acids is 1. The maximum Gasteiger partial charge on any atom is 0.266 e. The number of aromatic nitrogens is 3. The van der Waals surface area contributed by atoms with Gasteiger partial charge in [0, 0.05) is 47.0 Å². The van der Waals surface area contributed by atoms with E-state index in [0.717, 1.165) is 11.1 Å². The largest absolute Gasteiger partial charge is 0.491 e. The van der Waals surface area contributed by atoms with Crippen molar-refractivity contribution < 1.29 is 22.7 Å². The summed E-state index contributed by atoms with van der Waals surface area (Å²) in [6, 6.07) is 12.1. The van der Waals surface area contributed by atoms with Gasteiger partial charge >= 0.3 is 0 Å². The van der Waals surface area contributed by atoms with E-state index in [4.69, 9.17) is 26.8 Å². The Kier molecular flexibility index (Phi) is 6.63. The molecule has 1 atom stereocenters. The number of carbonyl (C=O) groups is 1. The second-order valence-electron chi connectivity index (χ2n) is 8.20. The predicted molar refractivity (Wildman–Crippen MR) is 133 cm³/mol. The number of nitrogens with zero attached hydrogens (tertiary/aromatic N) is 3. The Balaban J connectivity index is 1.32. The summed E-state index contributed by atoms with van der Waals surface area (Å²) in [7, 11) is -4.09. The number of primary amides is 1. The highest BCUT2D eigenvalue weighted by molar-refractivity contribution is 7.89. The van der Waals surface area contributed by atoms with Crippen LogP contribution in [0.1, 0.15) is 10.5 Å². The summed E-state index contributed by atoms with van der Waals surface area (Å²) < 4.78 is 40.2. The van der Waals surface area contributed by atoms with Crippen LogP contribution in [0.15, 0.2) is 66.1 Å². The topological polar surface area (TPSA) is 140 Å². The smallest absolute Gasteiger partial charge is 0.266 e. The Labute approximate surface area is 212 Å². The van der Waals surface area contributed by atoms with E-state index in [1.807, 2.05) is 24.3 Å². The molecule has 2 aromatic heterocycles. The predicted octanol–water partition coefficient (Wildman–Crippen LogP) is 2.85. The molecule has 1 unspecified atom stereocenters. The van der Waals surface area contributed by atoms with Crippen molar-refractivity contribution in [2.24, 2.45) is 5.73 Å². The Hall–Kier alpha value is -3.51. The van der Waals surface area contributed by atoms with Crippen molar-refractivity contribution in [1.82, 2.24) is 19.3 Å².